The van der Waals surface area contributed by atoms with Gasteiger partial charge in [0.2, 0.25) is 0 Å². The van der Waals surface area contributed by atoms with E-state index in [0.717, 1.165) is 32.6 Å². The summed E-state index contributed by atoms with van der Waals surface area (Å²) in [6, 6.07) is 4.09. The van der Waals surface area contributed by atoms with E-state index >= 15 is 0 Å². The highest BCUT2D eigenvalue weighted by Gasteiger charge is 2.39. The van der Waals surface area contributed by atoms with Crippen LogP contribution in [0.15, 0.2) is 36.9 Å². The largest absolute Gasteiger partial charge is 0.370 e. The van der Waals surface area contributed by atoms with E-state index in [0.29, 0.717) is 17.7 Å². The molecule has 0 N–H and O–H groups in total. The second-order valence-corrected chi connectivity index (χ2v) is 6.54. The number of carbonyl (C=O) groups is 1. The molecule has 0 aromatic carbocycles. The van der Waals surface area contributed by atoms with Crippen molar-refractivity contribution >= 4 is 11.6 Å². The Bertz CT molecular complexity index is 698. The fourth-order valence-corrected chi connectivity index (χ4v) is 3.82. The third kappa shape index (κ3) is 2.58. The van der Waals surface area contributed by atoms with Crippen LogP contribution in [0.5, 0.6) is 0 Å². The summed E-state index contributed by atoms with van der Waals surface area (Å²) in [5.74, 6) is 1.73. The molecule has 6 heteroatoms. The molecule has 2 fully saturated rings. The molecule has 120 valence electrons. The first-order valence-electron chi connectivity index (χ1n) is 8.14. The summed E-state index contributed by atoms with van der Waals surface area (Å²) in [4.78, 5) is 25.4. The summed E-state index contributed by atoms with van der Waals surface area (Å²) in [6.07, 6.45) is 8.36. The van der Waals surface area contributed by atoms with E-state index in [1.165, 1.54) is 5.69 Å². The SMILES string of the molecule is Cn1ccnc1C(=O)N1C[C@@H]2CCN(c3cccnc3)C[C@@H]2C1. The molecule has 23 heavy (non-hydrogen) atoms. The predicted octanol–water partition coefficient (Wildman–Crippen LogP) is 1.41. The van der Waals surface area contributed by atoms with Gasteiger partial charge in [-0.15, -0.1) is 0 Å². The van der Waals surface area contributed by atoms with E-state index in [1.807, 2.05) is 30.4 Å². The zero-order valence-electron chi connectivity index (χ0n) is 13.3. The minimum absolute atomic E-state index is 0.0554. The Morgan fingerprint density at radius 1 is 1.22 bits per heavy atom. The number of imidazole rings is 1. The van der Waals surface area contributed by atoms with Gasteiger partial charge in [-0.1, -0.05) is 0 Å². The molecule has 0 aliphatic carbocycles. The van der Waals surface area contributed by atoms with Crippen LogP contribution in [0.2, 0.25) is 0 Å². The van der Waals surface area contributed by atoms with Gasteiger partial charge in [-0.2, -0.15) is 0 Å². The lowest BCUT2D eigenvalue weighted by atomic mass is 9.88. The molecule has 6 nitrogen and oxygen atoms in total. The molecule has 0 radical (unpaired) electrons. The van der Waals surface area contributed by atoms with Gasteiger partial charge in [-0.3, -0.25) is 9.78 Å². The van der Waals surface area contributed by atoms with Crippen LogP contribution in [0.1, 0.15) is 17.0 Å². The Labute approximate surface area is 135 Å². The average Bonchev–Trinajstić information content (AvgIpc) is 3.20. The molecule has 0 unspecified atom stereocenters. The number of nitrogens with zero attached hydrogens (tertiary/aromatic N) is 5. The summed E-state index contributed by atoms with van der Waals surface area (Å²) in [5, 5.41) is 0. The van der Waals surface area contributed by atoms with Crippen molar-refractivity contribution in [2.45, 2.75) is 6.42 Å². The average molecular weight is 311 g/mol. The van der Waals surface area contributed by atoms with E-state index in [1.54, 1.807) is 17.0 Å². The number of likely N-dealkylation sites (tertiary alicyclic amines) is 1. The van der Waals surface area contributed by atoms with Crippen LogP contribution in [-0.2, 0) is 7.05 Å². The van der Waals surface area contributed by atoms with Crippen molar-refractivity contribution in [3.63, 3.8) is 0 Å². The second-order valence-electron chi connectivity index (χ2n) is 6.54. The van der Waals surface area contributed by atoms with Crippen LogP contribution < -0.4 is 4.90 Å². The zero-order chi connectivity index (χ0) is 15.8. The molecule has 0 saturated carbocycles. The van der Waals surface area contributed by atoms with Gasteiger partial charge in [-0.05, 0) is 30.4 Å². The normalized spacial score (nSPS) is 23.9. The third-order valence-electron chi connectivity index (χ3n) is 5.11. The van der Waals surface area contributed by atoms with E-state index in [9.17, 15) is 4.79 Å². The molecule has 4 heterocycles. The molecule has 2 saturated heterocycles. The number of carbonyl (C=O) groups excluding carboxylic acids is 1. The Morgan fingerprint density at radius 2 is 2.09 bits per heavy atom. The highest BCUT2D eigenvalue weighted by molar-refractivity contribution is 5.91. The molecular formula is C17H21N5O. The Balaban J connectivity index is 1.46. The van der Waals surface area contributed by atoms with Crippen LogP contribution >= 0.6 is 0 Å². The lowest BCUT2D eigenvalue weighted by Crippen LogP contribution is -2.40. The van der Waals surface area contributed by atoms with Gasteiger partial charge in [-0.25, -0.2) is 4.98 Å². The van der Waals surface area contributed by atoms with E-state index in [2.05, 4.69) is 20.9 Å². The van der Waals surface area contributed by atoms with E-state index in [4.69, 9.17) is 0 Å². The van der Waals surface area contributed by atoms with Crippen molar-refractivity contribution in [2.24, 2.45) is 18.9 Å². The fourth-order valence-electron chi connectivity index (χ4n) is 3.82. The first-order valence-corrected chi connectivity index (χ1v) is 8.14. The quantitative estimate of drug-likeness (QED) is 0.841. The van der Waals surface area contributed by atoms with Crippen LogP contribution in [0, 0.1) is 11.8 Å². The summed E-state index contributed by atoms with van der Waals surface area (Å²) in [6.45, 7) is 3.72. The standard InChI is InChI=1S/C17H21N5O/c1-20-8-6-19-16(20)17(23)22-10-13-4-7-21(11-14(13)12-22)15-3-2-5-18-9-15/h2-3,5-6,8-9,13-14H,4,7,10-12H2,1H3/t13-,14+/m0/s1. The number of amides is 1. The number of anilines is 1. The number of fused-ring (bicyclic) bond motifs is 1. The first kappa shape index (κ1) is 14.2. The van der Waals surface area contributed by atoms with Crippen molar-refractivity contribution in [1.82, 2.24) is 19.4 Å². The lowest BCUT2D eigenvalue weighted by molar-refractivity contribution is 0.0769. The molecule has 2 aliphatic heterocycles. The van der Waals surface area contributed by atoms with Gasteiger partial charge < -0.3 is 14.4 Å². The van der Waals surface area contributed by atoms with Gasteiger partial charge in [0.15, 0.2) is 5.82 Å². The second kappa shape index (κ2) is 5.68. The minimum Gasteiger partial charge on any atom is -0.370 e. The summed E-state index contributed by atoms with van der Waals surface area (Å²) in [5.41, 5.74) is 1.18. The lowest BCUT2D eigenvalue weighted by Gasteiger charge is -2.35. The maximum atomic E-state index is 12.6. The molecule has 2 atom stereocenters. The van der Waals surface area contributed by atoms with Crippen LogP contribution in [0.3, 0.4) is 0 Å². The van der Waals surface area contributed by atoms with Crippen LogP contribution in [0.4, 0.5) is 5.69 Å². The number of hydrogen-bond donors (Lipinski definition) is 0. The summed E-state index contributed by atoms with van der Waals surface area (Å²) < 4.78 is 1.80. The fraction of sp³-hybridized carbons (Fsp3) is 0.471. The molecule has 2 aromatic rings. The van der Waals surface area contributed by atoms with Gasteiger partial charge >= 0.3 is 0 Å². The number of aryl methyl sites for hydroxylation is 1. The molecular weight excluding hydrogens is 290 g/mol. The van der Waals surface area contributed by atoms with Crippen molar-refractivity contribution in [3.8, 4) is 0 Å². The van der Waals surface area contributed by atoms with E-state index < -0.39 is 0 Å². The van der Waals surface area contributed by atoms with Crippen LogP contribution in [0.25, 0.3) is 0 Å². The van der Waals surface area contributed by atoms with Gasteiger partial charge in [0.05, 0.1) is 11.9 Å². The minimum atomic E-state index is 0.0554. The van der Waals surface area contributed by atoms with Crippen molar-refractivity contribution < 1.29 is 4.79 Å². The topological polar surface area (TPSA) is 54.3 Å². The highest BCUT2D eigenvalue weighted by atomic mass is 16.2. The smallest absolute Gasteiger partial charge is 0.289 e. The monoisotopic (exact) mass is 311 g/mol. The number of rotatable bonds is 2. The maximum absolute atomic E-state index is 12.6. The summed E-state index contributed by atoms with van der Waals surface area (Å²) >= 11 is 0. The Morgan fingerprint density at radius 3 is 2.83 bits per heavy atom. The number of piperidine rings is 1. The van der Waals surface area contributed by atoms with E-state index in [-0.39, 0.29) is 5.91 Å². The van der Waals surface area contributed by atoms with Gasteiger partial charge in [0, 0.05) is 51.8 Å². The molecule has 1 amide bonds. The molecule has 0 bridgehead atoms. The Hall–Kier alpha value is -2.37. The Kier molecular flexibility index (Phi) is 3.52. The third-order valence-corrected chi connectivity index (χ3v) is 5.11. The zero-order valence-corrected chi connectivity index (χ0v) is 13.3. The van der Waals surface area contributed by atoms with Crippen molar-refractivity contribution in [3.05, 3.63) is 42.7 Å². The molecule has 0 spiro atoms. The number of hydrogen-bond acceptors (Lipinski definition) is 4. The van der Waals surface area contributed by atoms with Crippen LogP contribution in [-0.4, -0.2) is 51.5 Å². The first-order chi connectivity index (χ1) is 11.2. The van der Waals surface area contributed by atoms with Crippen molar-refractivity contribution in [1.29, 1.82) is 0 Å². The van der Waals surface area contributed by atoms with Gasteiger partial charge in [0.25, 0.3) is 5.91 Å². The van der Waals surface area contributed by atoms with Crippen molar-refractivity contribution in [2.75, 3.05) is 31.1 Å². The summed E-state index contributed by atoms with van der Waals surface area (Å²) in [7, 11) is 1.87. The molecule has 2 aromatic heterocycles. The number of aromatic nitrogens is 3. The number of pyridine rings is 1. The maximum Gasteiger partial charge on any atom is 0.289 e. The van der Waals surface area contributed by atoms with Gasteiger partial charge in [0.1, 0.15) is 0 Å². The molecule has 2 aliphatic rings. The molecule has 4 rings (SSSR count). The predicted molar refractivity (Wildman–Crippen MR) is 87.2 cm³/mol. The highest BCUT2D eigenvalue weighted by Crippen LogP contribution is 2.33.